The molecule has 1 aromatic carbocycles. The zero-order chi connectivity index (χ0) is 16.3. The predicted molar refractivity (Wildman–Crippen MR) is 88.1 cm³/mol. The average molecular weight is 319 g/mol. The Balaban J connectivity index is 2.09. The number of carbonyl (C=O) groups excluding carboxylic acids is 1. The number of aliphatic hydroxyl groups is 1. The quantitative estimate of drug-likeness (QED) is 0.828. The van der Waals surface area contributed by atoms with E-state index in [0.717, 1.165) is 10.5 Å². The van der Waals surface area contributed by atoms with Crippen LogP contribution in [0, 0.1) is 6.92 Å². The summed E-state index contributed by atoms with van der Waals surface area (Å²) in [7, 11) is 1.79. The summed E-state index contributed by atoms with van der Waals surface area (Å²) in [6.07, 6.45) is 5.32. The summed E-state index contributed by atoms with van der Waals surface area (Å²) in [5.41, 5.74) is 1.06. The van der Waals surface area contributed by atoms with Gasteiger partial charge in [-0.15, -0.1) is 11.8 Å². The Bertz CT molecular complexity index is 680. The van der Waals surface area contributed by atoms with Crippen molar-refractivity contribution >= 4 is 17.7 Å². The van der Waals surface area contributed by atoms with Crippen molar-refractivity contribution in [1.29, 1.82) is 0 Å². The van der Waals surface area contributed by atoms with Crippen LogP contribution in [0.5, 0.6) is 0 Å². The molecule has 5 nitrogen and oxygen atoms in total. The number of carbonyl (C=O) groups is 1. The Morgan fingerprint density at radius 3 is 2.82 bits per heavy atom. The fourth-order valence-corrected chi connectivity index (χ4v) is 2.56. The zero-order valence-corrected chi connectivity index (χ0v) is 14.1. The van der Waals surface area contributed by atoms with Gasteiger partial charge in [-0.3, -0.25) is 9.48 Å². The van der Waals surface area contributed by atoms with Gasteiger partial charge in [0.2, 0.25) is 0 Å². The number of thioether (sulfide) groups is 1. The number of aromatic nitrogens is 2. The van der Waals surface area contributed by atoms with Gasteiger partial charge < -0.3 is 10.4 Å². The number of nitrogens with one attached hydrogen (secondary N) is 1. The van der Waals surface area contributed by atoms with E-state index in [1.807, 2.05) is 31.4 Å². The van der Waals surface area contributed by atoms with E-state index in [-0.39, 0.29) is 12.5 Å². The standard InChI is InChI=1S/C16H21N3O2S/c1-11-5-6-13(22-4)7-14(11)15(20)17-10-16(2,21)12-8-18-19(3)9-12/h5-9,21H,10H2,1-4H3,(H,17,20). The van der Waals surface area contributed by atoms with E-state index in [4.69, 9.17) is 0 Å². The van der Waals surface area contributed by atoms with E-state index in [9.17, 15) is 9.90 Å². The van der Waals surface area contributed by atoms with E-state index >= 15 is 0 Å². The highest BCUT2D eigenvalue weighted by Crippen LogP contribution is 2.21. The molecule has 0 saturated heterocycles. The summed E-state index contributed by atoms with van der Waals surface area (Å²) in [6, 6.07) is 5.79. The van der Waals surface area contributed by atoms with E-state index in [1.54, 1.807) is 42.8 Å². The number of hydrogen-bond donors (Lipinski definition) is 2. The van der Waals surface area contributed by atoms with Crippen LogP contribution in [0.4, 0.5) is 0 Å². The molecule has 6 heteroatoms. The lowest BCUT2D eigenvalue weighted by molar-refractivity contribution is 0.0525. The van der Waals surface area contributed by atoms with Crippen LogP contribution in [0.2, 0.25) is 0 Å². The van der Waals surface area contributed by atoms with E-state index in [2.05, 4.69) is 10.4 Å². The molecule has 0 aliphatic rings. The van der Waals surface area contributed by atoms with Crippen LogP contribution in [-0.2, 0) is 12.6 Å². The van der Waals surface area contributed by atoms with Gasteiger partial charge in [0.25, 0.3) is 5.91 Å². The summed E-state index contributed by atoms with van der Waals surface area (Å²) < 4.78 is 1.62. The maximum Gasteiger partial charge on any atom is 0.251 e. The highest BCUT2D eigenvalue weighted by molar-refractivity contribution is 7.98. The minimum Gasteiger partial charge on any atom is -0.383 e. The monoisotopic (exact) mass is 319 g/mol. The molecule has 0 aliphatic heterocycles. The minimum atomic E-state index is -1.16. The topological polar surface area (TPSA) is 67.2 Å². The van der Waals surface area contributed by atoms with Crippen molar-refractivity contribution in [1.82, 2.24) is 15.1 Å². The molecule has 2 aromatic rings. The van der Waals surface area contributed by atoms with Crippen molar-refractivity contribution < 1.29 is 9.90 Å². The molecule has 118 valence electrons. The average Bonchev–Trinajstić information content (AvgIpc) is 2.93. The number of amides is 1. The maximum absolute atomic E-state index is 12.4. The van der Waals surface area contributed by atoms with E-state index in [0.29, 0.717) is 11.1 Å². The number of rotatable bonds is 5. The lowest BCUT2D eigenvalue weighted by atomic mass is 9.99. The van der Waals surface area contributed by atoms with Gasteiger partial charge in [0, 0.05) is 29.3 Å². The summed E-state index contributed by atoms with van der Waals surface area (Å²) in [5, 5.41) is 17.3. The molecule has 2 rings (SSSR count). The van der Waals surface area contributed by atoms with Crippen LogP contribution in [-0.4, -0.2) is 33.6 Å². The van der Waals surface area contributed by atoms with Gasteiger partial charge in [0.15, 0.2) is 0 Å². The molecule has 22 heavy (non-hydrogen) atoms. The van der Waals surface area contributed by atoms with Crippen molar-refractivity contribution in [2.45, 2.75) is 24.3 Å². The second kappa shape index (κ2) is 6.54. The Kier molecular flexibility index (Phi) is 4.93. The lowest BCUT2D eigenvalue weighted by Gasteiger charge is -2.22. The highest BCUT2D eigenvalue weighted by atomic mass is 32.2. The molecule has 0 aliphatic carbocycles. The first kappa shape index (κ1) is 16.6. The Morgan fingerprint density at radius 2 is 2.23 bits per heavy atom. The maximum atomic E-state index is 12.4. The summed E-state index contributed by atoms with van der Waals surface area (Å²) in [6.45, 7) is 3.69. The van der Waals surface area contributed by atoms with Crippen molar-refractivity contribution in [3.05, 3.63) is 47.3 Å². The summed E-state index contributed by atoms with van der Waals surface area (Å²) >= 11 is 1.59. The van der Waals surface area contributed by atoms with Gasteiger partial charge in [0.05, 0.1) is 12.7 Å². The number of aryl methyl sites for hydroxylation is 2. The molecule has 0 bridgehead atoms. The molecule has 1 heterocycles. The molecular weight excluding hydrogens is 298 g/mol. The van der Waals surface area contributed by atoms with Gasteiger partial charge in [-0.25, -0.2) is 0 Å². The van der Waals surface area contributed by atoms with Crippen LogP contribution in [0.15, 0.2) is 35.5 Å². The fraction of sp³-hybridized carbons (Fsp3) is 0.375. The summed E-state index contributed by atoms with van der Waals surface area (Å²) in [5.74, 6) is -0.183. The Hall–Kier alpha value is -1.79. The van der Waals surface area contributed by atoms with Gasteiger partial charge in [-0.05, 0) is 37.8 Å². The normalized spacial score (nSPS) is 13.7. The smallest absolute Gasteiger partial charge is 0.251 e. The minimum absolute atomic E-state index is 0.125. The van der Waals surface area contributed by atoms with Gasteiger partial charge >= 0.3 is 0 Å². The second-order valence-corrected chi connectivity index (χ2v) is 6.42. The van der Waals surface area contributed by atoms with Crippen molar-refractivity contribution in [3.63, 3.8) is 0 Å². The zero-order valence-electron chi connectivity index (χ0n) is 13.3. The Morgan fingerprint density at radius 1 is 1.50 bits per heavy atom. The third-order valence-corrected chi connectivity index (χ3v) is 4.33. The third-order valence-electron chi connectivity index (χ3n) is 3.61. The molecular formula is C16H21N3O2S. The van der Waals surface area contributed by atoms with Crippen molar-refractivity contribution in [2.24, 2.45) is 7.05 Å². The molecule has 0 fully saturated rings. The van der Waals surface area contributed by atoms with Crippen LogP contribution in [0.25, 0.3) is 0 Å². The van der Waals surface area contributed by atoms with Crippen LogP contribution < -0.4 is 5.32 Å². The van der Waals surface area contributed by atoms with Crippen LogP contribution in [0.3, 0.4) is 0 Å². The first-order valence-electron chi connectivity index (χ1n) is 6.98. The largest absolute Gasteiger partial charge is 0.383 e. The highest BCUT2D eigenvalue weighted by Gasteiger charge is 2.25. The molecule has 1 aromatic heterocycles. The molecule has 1 atom stereocenters. The second-order valence-electron chi connectivity index (χ2n) is 5.54. The molecule has 2 N–H and O–H groups in total. The fourth-order valence-electron chi connectivity index (χ4n) is 2.12. The Labute approximate surface area is 134 Å². The summed E-state index contributed by atoms with van der Waals surface area (Å²) in [4.78, 5) is 13.4. The van der Waals surface area contributed by atoms with Crippen molar-refractivity contribution in [3.8, 4) is 0 Å². The molecule has 0 spiro atoms. The molecule has 0 saturated carbocycles. The van der Waals surface area contributed by atoms with Crippen LogP contribution in [0.1, 0.15) is 28.4 Å². The number of benzene rings is 1. The lowest BCUT2D eigenvalue weighted by Crippen LogP contribution is -2.38. The number of nitrogens with zero attached hydrogens (tertiary/aromatic N) is 2. The van der Waals surface area contributed by atoms with Crippen LogP contribution >= 0.6 is 11.8 Å². The number of hydrogen-bond acceptors (Lipinski definition) is 4. The molecule has 1 amide bonds. The van der Waals surface area contributed by atoms with Gasteiger partial charge in [0.1, 0.15) is 5.60 Å². The third kappa shape index (κ3) is 3.69. The molecule has 0 radical (unpaired) electrons. The first-order chi connectivity index (χ1) is 10.3. The SMILES string of the molecule is CSc1ccc(C)c(C(=O)NCC(C)(O)c2cnn(C)c2)c1. The van der Waals surface area contributed by atoms with Gasteiger partial charge in [-0.1, -0.05) is 6.07 Å². The first-order valence-corrected chi connectivity index (χ1v) is 8.20. The van der Waals surface area contributed by atoms with Gasteiger partial charge in [-0.2, -0.15) is 5.10 Å². The molecule has 1 unspecified atom stereocenters. The van der Waals surface area contributed by atoms with E-state index in [1.165, 1.54) is 0 Å². The van der Waals surface area contributed by atoms with E-state index < -0.39 is 5.60 Å². The van der Waals surface area contributed by atoms with Crippen molar-refractivity contribution in [2.75, 3.05) is 12.8 Å². The predicted octanol–water partition coefficient (Wildman–Crippen LogP) is 2.09.